The van der Waals surface area contributed by atoms with E-state index in [0.29, 0.717) is 24.6 Å². The smallest absolute Gasteiger partial charge is 0.363 e. The van der Waals surface area contributed by atoms with E-state index in [4.69, 9.17) is 9.05 Å². The number of hydrogen-bond donors (Lipinski definition) is 1. The lowest BCUT2D eigenvalue weighted by Crippen LogP contribution is -2.26. The molecule has 5 heteroatoms. The Morgan fingerprint density at radius 3 is 2.33 bits per heavy atom. The van der Waals surface area contributed by atoms with E-state index in [1.54, 1.807) is 0 Å². The van der Waals surface area contributed by atoms with Crippen molar-refractivity contribution in [3.63, 3.8) is 0 Å². The van der Waals surface area contributed by atoms with Crippen molar-refractivity contribution in [1.29, 1.82) is 0 Å². The van der Waals surface area contributed by atoms with Crippen LogP contribution in [-0.4, -0.2) is 19.3 Å². The second kappa shape index (κ2) is 7.98. The first-order valence-corrected chi connectivity index (χ1v) is 9.49. The molecule has 0 spiro atoms. The Morgan fingerprint density at radius 2 is 1.71 bits per heavy atom. The lowest BCUT2D eigenvalue weighted by Gasteiger charge is -2.26. The molecule has 1 aliphatic carbocycles. The van der Waals surface area contributed by atoms with Gasteiger partial charge in [0.1, 0.15) is 0 Å². The van der Waals surface area contributed by atoms with Gasteiger partial charge in [-0.1, -0.05) is 31.4 Å². The topological polar surface area (TPSA) is 47.6 Å². The Balaban J connectivity index is 2.23. The molecule has 0 aromatic heterocycles. The van der Waals surface area contributed by atoms with Crippen LogP contribution >= 0.6 is 7.60 Å². The van der Waals surface area contributed by atoms with Crippen LogP contribution in [0.4, 0.5) is 5.69 Å². The van der Waals surface area contributed by atoms with Crippen LogP contribution in [0.1, 0.15) is 46.0 Å². The van der Waals surface area contributed by atoms with E-state index in [0.717, 1.165) is 5.69 Å². The molecule has 4 nitrogen and oxygen atoms in total. The lowest BCUT2D eigenvalue weighted by molar-refractivity contribution is 0.230. The summed E-state index contributed by atoms with van der Waals surface area (Å²) in [7, 11) is -3.24. The largest absolute Gasteiger partial charge is 0.382 e. The fourth-order valence-electron chi connectivity index (χ4n) is 2.82. The molecule has 1 aliphatic rings. The summed E-state index contributed by atoms with van der Waals surface area (Å²) in [6, 6.07) is 8.10. The second-order valence-corrected chi connectivity index (χ2v) is 7.32. The van der Waals surface area contributed by atoms with Crippen molar-refractivity contribution in [1.82, 2.24) is 0 Å². The number of para-hydroxylation sites is 1. The normalized spacial score (nSPS) is 16.9. The number of benzene rings is 1. The number of rotatable bonds is 7. The second-order valence-electron chi connectivity index (χ2n) is 5.33. The predicted molar refractivity (Wildman–Crippen MR) is 87.4 cm³/mol. The number of hydrogen-bond acceptors (Lipinski definition) is 4. The molecule has 1 fully saturated rings. The van der Waals surface area contributed by atoms with E-state index in [2.05, 4.69) is 5.32 Å². The van der Waals surface area contributed by atoms with Crippen molar-refractivity contribution in [2.45, 2.75) is 52.0 Å². The molecule has 1 N–H and O–H groups in total. The maximum absolute atomic E-state index is 13.0. The van der Waals surface area contributed by atoms with Crippen LogP contribution in [0, 0.1) is 0 Å². The summed E-state index contributed by atoms with van der Waals surface area (Å²) in [5, 5.41) is 4.19. The van der Waals surface area contributed by atoms with Gasteiger partial charge < -0.3 is 14.4 Å². The van der Waals surface area contributed by atoms with Crippen LogP contribution in [0.2, 0.25) is 0 Å². The van der Waals surface area contributed by atoms with Crippen molar-refractivity contribution in [3.05, 3.63) is 24.3 Å². The molecule has 1 aromatic rings. The van der Waals surface area contributed by atoms with Gasteiger partial charge in [0, 0.05) is 11.7 Å². The zero-order chi connectivity index (χ0) is 15.1. The van der Waals surface area contributed by atoms with Crippen molar-refractivity contribution in [2.24, 2.45) is 0 Å². The van der Waals surface area contributed by atoms with Gasteiger partial charge in [-0.2, -0.15) is 0 Å². The van der Waals surface area contributed by atoms with Gasteiger partial charge in [0.2, 0.25) is 0 Å². The summed E-state index contributed by atoms with van der Waals surface area (Å²) in [5.74, 6) is 0. The van der Waals surface area contributed by atoms with Gasteiger partial charge in [-0.15, -0.1) is 0 Å². The summed E-state index contributed by atoms with van der Waals surface area (Å²) in [5.41, 5.74) is 0.884. The average Bonchev–Trinajstić information content (AvgIpc) is 2.49. The molecule has 1 saturated carbocycles. The Labute approximate surface area is 127 Å². The van der Waals surface area contributed by atoms with Gasteiger partial charge >= 0.3 is 7.60 Å². The van der Waals surface area contributed by atoms with E-state index >= 15 is 0 Å². The molecule has 0 amide bonds. The highest BCUT2D eigenvalue weighted by molar-refractivity contribution is 7.62. The minimum atomic E-state index is -3.24. The maximum atomic E-state index is 13.0. The summed E-state index contributed by atoms with van der Waals surface area (Å²) in [4.78, 5) is 0. The summed E-state index contributed by atoms with van der Waals surface area (Å²) in [6.07, 6.45) is 6.17. The zero-order valence-electron chi connectivity index (χ0n) is 13.0. The third-order valence-electron chi connectivity index (χ3n) is 3.76. The molecule has 21 heavy (non-hydrogen) atoms. The van der Waals surface area contributed by atoms with Crippen LogP contribution in [0.25, 0.3) is 0 Å². The van der Waals surface area contributed by atoms with Crippen LogP contribution in [0.5, 0.6) is 0 Å². The quantitative estimate of drug-likeness (QED) is 0.762. The molecule has 0 unspecified atom stereocenters. The van der Waals surface area contributed by atoms with Gasteiger partial charge in [0.05, 0.1) is 18.5 Å². The molecular weight excluding hydrogens is 285 g/mol. The summed E-state index contributed by atoms with van der Waals surface area (Å²) >= 11 is 0. The predicted octanol–water partition coefficient (Wildman–Crippen LogP) is 4.32. The first kappa shape index (κ1) is 16.5. The molecule has 0 aliphatic heterocycles. The third-order valence-corrected chi connectivity index (χ3v) is 5.94. The van der Waals surface area contributed by atoms with E-state index in [9.17, 15) is 4.57 Å². The highest BCUT2D eigenvalue weighted by atomic mass is 31.2. The average molecular weight is 311 g/mol. The molecule has 0 bridgehead atoms. The zero-order valence-corrected chi connectivity index (χ0v) is 13.9. The van der Waals surface area contributed by atoms with E-state index < -0.39 is 7.60 Å². The Bertz CT molecular complexity index is 476. The van der Waals surface area contributed by atoms with Gasteiger partial charge in [-0.05, 0) is 38.8 Å². The number of anilines is 1. The molecule has 2 rings (SSSR count). The van der Waals surface area contributed by atoms with Gasteiger partial charge in [-0.25, -0.2) is 0 Å². The monoisotopic (exact) mass is 311 g/mol. The first-order valence-electron chi connectivity index (χ1n) is 7.95. The Kier molecular flexibility index (Phi) is 6.28. The minimum absolute atomic E-state index is 0.370. The summed E-state index contributed by atoms with van der Waals surface area (Å²) < 4.78 is 24.0. The molecule has 0 radical (unpaired) electrons. The number of nitrogens with one attached hydrogen (secondary N) is 1. The van der Waals surface area contributed by atoms with Crippen molar-refractivity contribution in [3.8, 4) is 0 Å². The van der Waals surface area contributed by atoms with Crippen LogP contribution in [-0.2, 0) is 13.6 Å². The third kappa shape index (κ3) is 4.32. The van der Waals surface area contributed by atoms with Crippen LogP contribution in [0.3, 0.4) is 0 Å². The molecule has 0 heterocycles. The molecule has 0 saturated heterocycles. The first-order chi connectivity index (χ1) is 10.2. The van der Waals surface area contributed by atoms with E-state index in [1.165, 1.54) is 32.1 Å². The minimum Gasteiger partial charge on any atom is -0.382 e. The summed E-state index contributed by atoms with van der Waals surface area (Å²) in [6.45, 7) is 4.41. The van der Waals surface area contributed by atoms with Crippen LogP contribution in [0.15, 0.2) is 24.3 Å². The fraction of sp³-hybridized carbons (Fsp3) is 0.625. The van der Waals surface area contributed by atoms with Crippen molar-refractivity contribution in [2.75, 3.05) is 18.5 Å². The standard InChI is InChI=1S/C16H26NO3P/c1-3-19-21(18,20-4-2)16-13-9-8-12-15(16)17-14-10-6-5-7-11-14/h8-9,12-14,17H,3-7,10-11H2,1-2H3. The molecule has 1 aromatic carbocycles. The molecule has 0 atom stereocenters. The van der Waals surface area contributed by atoms with E-state index in [1.807, 2.05) is 38.1 Å². The fourth-order valence-corrected chi connectivity index (χ4v) is 4.55. The highest BCUT2D eigenvalue weighted by Gasteiger charge is 2.30. The van der Waals surface area contributed by atoms with Crippen molar-refractivity contribution < 1.29 is 13.6 Å². The van der Waals surface area contributed by atoms with Gasteiger partial charge in [-0.3, -0.25) is 4.57 Å². The van der Waals surface area contributed by atoms with E-state index in [-0.39, 0.29) is 0 Å². The van der Waals surface area contributed by atoms with Gasteiger partial charge in [0.15, 0.2) is 0 Å². The Morgan fingerprint density at radius 1 is 1.10 bits per heavy atom. The van der Waals surface area contributed by atoms with Gasteiger partial charge in [0.25, 0.3) is 0 Å². The highest BCUT2D eigenvalue weighted by Crippen LogP contribution is 2.48. The van der Waals surface area contributed by atoms with Crippen molar-refractivity contribution >= 4 is 18.6 Å². The molecular formula is C16H26NO3P. The maximum Gasteiger partial charge on any atom is 0.363 e. The SMILES string of the molecule is CCOP(=O)(OCC)c1ccccc1NC1CCCCC1. The van der Waals surface area contributed by atoms with Crippen LogP contribution < -0.4 is 10.6 Å². The molecule has 118 valence electrons. The Hall–Kier alpha value is -0.830. The lowest BCUT2D eigenvalue weighted by atomic mass is 9.95.